The number of hydrogen-bond donors (Lipinski definition) is 0. The van der Waals surface area contributed by atoms with E-state index in [1.165, 1.54) is 0 Å². The van der Waals surface area contributed by atoms with E-state index in [1.54, 1.807) is 6.07 Å². The summed E-state index contributed by atoms with van der Waals surface area (Å²) < 4.78 is 0. The number of fused-ring (bicyclic) bond motifs is 1. The van der Waals surface area contributed by atoms with E-state index >= 15 is 0 Å². The molecule has 0 saturated heterocycles. The maximum atomic E-state index is 11.6. The Morgan fingerprint density at radius 2 is 2.08 bits per heavy atom. The smallest absolute Gasteiger partial charge is 0.164 e. The molecule has 1 aromatic rings. The fraction of sp³-hybridized carbons (Fsp3) is 0.364. The van der Waals surface area contributed by atoms with Gasteiger partial charge in [-0.3, -0.25) is 4.79 Å². The van der Waals surface area contributed by atoms with Gasteiger partial charge in [-0.15, -0.1) is 0 Å². The Balaban J connectivity index is 2.66. The molecule has 64 valence electrons. The van der Waals surface area contributed by atoms with E-state index in [9.17, 15) is 4.79 Å². The maximum Gasteiger partial charge on any atom is 0.164 e. The third-order valence-electron chi connectivity index (χ3n) is 2.68. The molecule has 0 aliphatic heterocycles. The number of Topliss-reactive ketones (excluding diaryl/α,β-unsaturated/α-hetero) is 1. The molecule has 2 radical (unpaired) electrons. The Morgan fingerprint density at radius 3 is 2.77 bits per heavy atom. The minimum atomic E-state index is -0.0138. The second-order valence-electron chi connectivity index (χ2n) is 4.29. The van der Waals surface area contributed by atoms with Crippen LogP contribution in [-0.4, -0.2) is 13.6 Å². The van der Waals surface area contributed by atoms with Crippen LogP contribution in [0.3, 0.4) is 0 Å². The molecular formula is C11H11BO. The Bertz CT molecular complexity index is 380. The molecule has 0 unspecified atom stereocenters. The van der Waals surface area contributed by atoms with E-state index in [4.69, 9.17) is 7.85 Å². The molecule has 1 aliphatic rings. The Morgan fingerprint density at radius 1 is 1.38 bits per heavy atom. The number of hydrogen-bond acceptors (Lipinski definition) is 1. The van der Waals surface area contributed by atoms with Crippen molar-refractivity contribution in [2.75, 3.05) is 0 Å². The van der Waals surface area contributed by atoms with Gasteiger partial charge in [-0.05, 0) is 11.0 Å². The van der Waals surface area contributed by atoms with Crippen LogP contribution >= 0.6 is 0 Å². The average Bonchev–Trinajstić information content (AvgIpc) is 2.22. The molecule has 0 N–H and O–H groups in total. The Labute approximate surface area is 79.6 Å². The summed E-state index contributed by atoms with van der Waals surface area (Å²) in [4.78, 5) is 11.6. The van der Waals surface area contributed by atoms with Crippen molar-refractivity contribution in [1.29, 1.82) is 0 Å². The van der Waals surface area contributed by atoms with Crippen LogP contribution in [0.4, 0.5) is 0 Å². The van der Waals surface area contributed by atoms with Crippen molar-refractivity contribution in [3.63, 3.8) is 0 Å². The predicted octanol–water partition coefficient (Wildman–Crippen LogP) is 1.34. The second-order valence-corrected chi connectivity index (χ2v) is 4.29. The topological polar surface area (TPSA) is 17.1 Å². The Kier molecular flexibility index (Phi) is 1.63. The van der Waals surface area contributed by atoms with Crippen molar-refractivity contribution in [3.8, 4) is 0 Å². The third kappa shape index (κ3) is 1.21. The lowest BCUT2D eigenvalue weighted by Crippen LogP contribution is -2.13. The van der Waals surface area contributed by atoms with E-state index in [1.807, 2.05) is 12.1 Å². The first-order valence-corrected chi connectivity index (χ1v) is 4.44. The van der Waals surface area contributed by atoms with E-state index in [0.29, 0.717) is 11.9 Å². The van der Waals surface area contributed by atoms with Gasteiger partial charge in [0, 0.05) is 12.0 Å². The highest BCUT2D eigenvalue weighted by molar-refractivity contribution is 6.32. The molecule has 0 saturated carbocycles. The second kappa shape index (κ2) is 2.47. The van der Waals surface area contributed by atoms with Crippen LogP contribution in [-0.2, 0) is 5.41 Å². The highest BCUT2D eigenvalue weighted by atomic mass is 16.1. The summed E-state index contributed by atoms with van der Waals surface area (Å²) in [5.74, 6) is 0.215. The lowest BCUT2D eigenvalue weighted by Gasteiger charge is -2.17. The first-order chi connectivity index (χ1) is 6.00. The van der Waals surface area contributed by atoms with Crippen molar-refractivity contribution in [2.24, 2.45) is 0 Å². The molecule has 0 fully saturated rings. The lowest BCUT2D eigenvalue weighted by atomic mass is 9.84. The molecule has 0 spiro atoms. The van der Waals surface area contributed by atoms with Crippen LogP contribution < -0.4 is 5.46 Å². The van der Waals surface area contributed by atoms with Gasteiger partial charge in [0.2, 0.25) is 0 Å². The van der Waals surface area contributed by atoms with E-state index in [2.05, 4.69) is 13.8 Å². The molecule has 1 aliphatic carbocycles. The van der Waals surface area contributed by atoms with E-state index < -0.39 is 0 Å². The van der Waals surface area contributed by atoms with Gasteiger partial charge in [-0.1, -0.05) is 37.5 Å². The van der Waals surface area contributed by atoms with E-state index in [-0.39, 0.29) is 11.2 Å². The number of ketones is 1. The predicted molar refractivity (Wildman–Crippen MR) is 53.8 cm³/mol. The lowest BCUT2D eigenvalue weighted by molar-refractivity contribution is 0.0979. The van der Waals surface area contributed by atoms with Crippen LogP contribution in [0, 0.1) is 0 Å². The zero-order valence-corrected chi connectivity index (χ0v) is 7.92. The molecule has 0 bridgehead atoms. The van der Waals surface area contributed by atoms with E-state index in [0.717, 1.165) is 11.1 Å². The van der Waals surface area contributed by atoms with Gasteiger partial charge in [-0.2, -0.15) is 0 Å². The number of carbonyl (C=O) groups is 1. The highest BCUT2D eigenvalue weighted by Gasteiger charge is 2.35. The monoisotopic (exact) mass is 170 g/mol. The molecule has 1 aromatic carbocycles. The molecule has 1 nitrogen and oxygen atoms in total. The van der Waals surface area contributed by atoms with Gasteiger partial charge in [0.25, 0.3) is 0 Å². The summed E-state index contributed by atoms with van der Waals surface area (Å²) in [6, 6.07) is 5.61. The molecular weight excluding hydrogens is 159 g/mol. The van der Waals surface area contributed by atoms with Gasteiger partial charge in [0.1, 0.15) is 7.85 Å². The molecule has 0 heterocycles. The van der Waals surface area contributed by atoms with Crippen LogP contribution in [0.2, 0.25) is 0 Å². The van der Waals surface area contributed by atoms with Gasteiger partial charge in [0.05, 0.1) is 0 Å². The first-order valence-electron chi connectivity index (χ1n) is 4.44. The SMILES string of the molecule is [B]c1ccc2c(c1)C(=O)CC2(C)C. The van der Waals surface area contributed by atoms with Gasteiger partial charge in [0.15, 0.2) is 5.78 Å². The maximum absolute atomic E-state index is 11.6. The van der Waals surface area contributed by atoms with Crippen LogP contribution in [0.15, 0.2) is 18.2 Å². The first kappa shape index (κ1) is 8.55. The number of carbonyl (C=O) groups excluding carboxylic acids is 1. The number of benzene rings is 1. The Hall–Kier alpha value is -1.05. The summed E-state index contributed by atoms with van der Waals surface area (Å²) >= 11 is 0. The zero-order chi connectivity index (χ0) is 9.64. The normalized spacial score (nSPS) is 18.8. The molecule has 13 heavy (non-hydrogen) atoms. The summed E-state index contributed by atoms with van der Waals surface area (Å²) in [7, 11) is 5.63. The van der Waals surface area contributed by atoms with Gasteiger partial charge < -0.3 is 0 Å². The average molecular weight is 170 g/mol. The highest BCUT2D eigenvalue weighted by Crippen LogP contribution is 2.37. The summed E-state index contributed by atoms with van der Waals surface area (Å²) in [5.41, 5.74) is 2.60. The standard InChI is InChI=1S/C11H11BO/c1-11(2)6-10(13)8-5-7(12)3-4-9(8)11/h3-5H,6H2,1-2H3. The van der Waals surface area contributed by atoms with Crippen LogP contribution in [0.5, 0.6) is 0 Å². The molecule has 0 amide bonds. The van der Waals surface area contributed by atoms with Crippen molar-refractivity contribution < 1.29 is 4.79 Å². The molecule has 2 heteroatoms. The molecule has 2 rings (SSSR count). The minimum absolute atomic E-state index is 0.0138. The van der Waals surface area contributed by atoms with Crippen molar-refractivity contribution in [2.45, 2.75) is 25.7 Å². The van der Waals surface area contributed by atoms with Crippen molar-refractivity contribution in [3.05, 3.63) is 29.3 Å². The van der Waals surface area contributed by atoms with Crippen LogP contribution in [0.25, 0.3) is 0 Å². The van der Waals surface area contributed by atoms with Crippen molar-refractivity contribution >= 4 is 19.1 Å². The summed E-state index contributed by atoms with van der Waals surface area (Å²) in [5, 5.41) is 0. The largest absolute Gasteiger partial charge is 0.294 e. The third-order valence-corrected chi connectivity index (χ3v) is 2.68. The molecule has 0 aromatic heterocycles. The van der Waals surface area contributed by atoms with Gasteiger partial charge >= 0.3 is 0 Å². The minimum Gasteiger partial charge on any atom is -0.294 e. The molecule has 0 atom stereocenters. The quantitative estimate of drug-likeness (QED) is 0.537. The fourth-order valence-corrected chi connectivity index (χ4v) is 1.97. The van der Waals surface area contributed by atoms with Crippen molar-refractivity contribution in [1.82, 2.24) is 0 Å². The van der Waals surface area contributed by atoms with Crippen LogP contribution in [0.1, 0.15) is 36.2 Å². The summed E-state index contributed by atoms with van der Waals surface area (Å²) in [6.07, 6.45) is 0.603. The fourth-order valence-electron chi connectivity index (χ4n) is 1.97. The number of rotatable bonds is 0. The zero-order valence-electron chi connectivity index (χ0n) is 7.92. The summed E-state index contributed by atoms with van der Waals surface area (Å²) in [6.45, 7) is 4.18. The van der Waals surface area contributed by atoms with Gasteiger partial charge in [-0.25, -0.2) is 0 Å².